The number of nitrogens with one attached hydrogen (secondary N) is 2. The van der Waals surface area contributed by atoms with Gasteiger partial charge >= 0.3 is 5.97 Å². The molecule has 25 heavy (non-hydrogen) atoms. The third-order valence-electron chi connectivity index (χ3n) is 4.91. The van der Waals surface area contributed by atoms with Gasteiger partial charge in [0.2, 0.25) is 5.91 Å². The van der Waals surface area contributed by atoms with Gasteiger partial charge in [0.1, 0.15) is 11.9 Å². The minimum atomic E-state index is -0.739. The van der Waals surface area contributed by atoms with Crippen LogP contribution < -0.4 is 10.6 Å². The third-order valence-corrected chi connectivity index (χ3v) is 4.91. The summed E-state index contributed by atoms with van der Waals surface area (Å²) in [6.45, 7) is 0.784. The van der Waals surface area contributed by atoms with Gasteiger partial charge in [0.25, 0.3) is 0 Å². The number of halogens is 1. The molecular formula is C19H23FN2O3. The number of carbonyl (C=O) groups excluding carboxylic acids is 2. The van der Waals surface area contributed by atoms with E-state index in [9.17, 15) is 14.0 Å². The second-order valence-corrected chi connectivity index (χ2v) is 6.50. The molecule has 1 saturated heterocycles. The van der Waals surface area contributed by atoms with Crippen molar-refractivity contribution in [1.82, 2.24) is 5.32 Å². The molecule has 134 valence electrons. The van der Waals surface area contributed by atoms with E-state index in [-0.39, 0.29) is 17.5 Å². The lowest BCUT2D eigenvalue weighted by Crippen LogP contribution is -2.37. The molecule has 0 unspecified atom stereocenters. The van der Waals surface area contributed by atoms with Gasteiger partial charge in [0.15, 0.2) is 0 Å². The highest BCUT2D eigenvalue weighted by molar-refractivity contribution is 5.98. The Balaban J connectivity index is 1.73. The Morgan fingerprint density at radius 2 is 1.96 bits per heavy atom. The summed E-state index contributed by atoms with van der Waals surface area (Å²) >= 11 is 0. The van der Waals surface area contributed by atoms with Crippen LogP contribution in [-0.2, 0) is 9.53 Å². The molecule has 0 spiro atoms. The van der Waals surface area contributed by atoms with Gasteiger partial charge in [-0.1, -0.05) is 12.0 Å². The molecule has 1 aromatic carbocycles. The first kappa shape index (κ1) is 17.6. The van der Waals surface area contributed by atoms with Crippen LogP contribution in [0.1, 0.15) is 48.9 Å². The molecule has 1 aliphatic carbocycles. The van der Waals surface area contributed by atoms with E-state index in [0.29, 0.717) is 5.69 Å². The van der Waals surface area contributed by atoms with Crippen molar-refractivity contribution in [3.8, 4) is 0 Å². The molecular weight excluding hydrogens is 323 g/mol. The average Bonchev–Trinajstić information content (AvgIpc) is 3.12. The van der Waals surface area contributed by atoms with E-state index in [1.165, 1.54) is 49.7 Å². The SMILES string of the molecule is COC(=O)c1ccc(NC(=O)[C@H]2NCCC2=C2CCCCC2)cc1F. The van der Waals surface area contributed by atoms with E-state index in [2.05, 4.69) is 15.4 Å². The predicted molar refractivity (Wildman–Crippen MR) is 92.9 cm³/mol. The van der Waals surface area contributed by atoms with Crippen molar-refractivity contribution in [2.45, 2.75) is 44.6 Å². The maximum atomic E-state index is 14.0. The number of ether oxygens (including phenoxy) is 1. The third kappa shape index (κ3) is 3.90. The van der Waals surface area contributed by atoms with E-state index in [4.69, 9.17) is 0 Å². The molecule has 0 aromatic heterocycles. The van der Waals surface area contributed by atoms with Crippen LogP contribution in [0.2, 0.25) is 0 Å². The summed E-state index contributed by atoms with van der Waals surface area (Å²) in [4.78, 5) is 24.1. The van der Waals surface area contributed by atoms with Gasteiger partial charge in [-0.05, 0) is 62.4 Å². The Bertz CT molecular complexity index is 707. The standard InChI is InChI=1S/C19H23FN2O3/c1-25-19(24)15-8-7-13(11-16(15)20)22-18(23)17-14(9-10-21-17)12-5-3-2-4-6-12/h7-8,11,17,21H,2-6,9-10H2,1H3,(H,22,23)/t17-/m0/s1. The number of esters is 1. The van der Waals surface area contributed by atoms with Gasteiger partial charge in [0.05, 0.1) is 12.7 Å². The van der Waals surface area contributed by atoms with Gasteiger partial charge in [-0.15, -0.1) is 0 Å². The summed E-state index contributed by atoms with van der Waals surface area (Å²) in [5, 5.41) is 5.99. The van der Waals surface area contributed by atoms with Gasteiger partial charge in [-0.2, -0.15) is 0 Å². The van der Waals surface area contributed by atoms with E-state index >= 15 is 0 Å². The Hall–Kier alpha value is -2.21. The minimum Gasteiger partial charge on any atom is -0.465 e. The second kappa shape index (κ2) is 7.78. The molecule has 1 aromatic rings. The lowest BCUT2D eigenvalue weighted by molar-refractivity contribution is -0.117. The summed E-state index contributed by atoms with van der Waals surface area (Å²) in [5.41, 5.74) is 2.79. The van der Waals surface area contributed by atoms with Crippen LogP contribution in [0, 0.1) is 5.82 Å². The molecule has 2 aliphatic rings. The monoisotopic (exact) mass is 346 g/mol. The van der Waals surface area contributed by atoms with Crippen LogP contribution in [0.25, 0.3) is 0 Å². The zero-order valence-electron chi connectivity index (χ0n) is 14.4. The summed E-state index contributed by atoms with van der Waals surface area (Å²) < 4.78 is 18.5. The highest BCUT2D eigenvalue weighted by Crippen LogP contribution is 2.31. The number of anilines is 1. The fourth-order valence-electron chi connectivity index (χ4n) is 3.63. The van der Waals surface area contributed by atoms with Gasteiger partial charge in [-0.25, -0.2) is 9.18 Å². The molecule has 1 aliphatic heterocycles. The molecule has 1 amide bonds. The van der Waals surface area contributed by atoms with Crippen LogP contribution in [0.15, 0.2) is 29.3 Å². The van der Waals surface area contributed by atoms with Crippen molar-refractivity contribution in [2.24, 2.45) is 0 Å². The molecule has 5 nitrogen and oxygen atoms in total. The van der Waals surface area contributed by atoms with Gasteiger partial charge in [-0.3, -0.25) is 4.79 Å². The van der Waals surface area contributed by atoms with Crippen molar-refractivity contribution in [1.29, 1.82) is 0 Å². The fourth-order valence-corrected chi connectivity index (χ4v) is 3.63. The maximum Gasteiger partial charge on any atom is 0.340 e. The van der Waals surface area contributed by atoms with Crippen LogP contribution in [0.3, 0.4) is 0 Å². The van der Waals surface area contributed by atoms with E-state index in [0.717, 1.165) is 31.9 Å². The number of methoxy groups -OCH3 is 1. The highest BCUT2D eigenvalue weighted by Gasteiger charge is 2.30. The van der Waals surface area contributed by atoms with Crippen molar-refractivity contribution in [3.05, 3.63) is 40.7 Å². The minimum absolute atomic E-state index is 0.149. The quantitative estimate of drug-likeness (QED) is 0.652. The first-order valence-corrected chi connectivity index (χ1v) is 8.73. The summed E-state index contributed by atoms with van der Waals surface area (Å²) in [7, 11) is 1.20. The summed E-state index contributed by atoms with van der Waals surface area (Å²) in [6, 6.07) is 3.62. The zero-order valence-corrected chi connectivity index (χ0v) is 14.4. The largest absolute Gasteiger partial charge is 0.465 e. The lowest BCUT2D eigenvalue weighted by atomic mass is 9.88. The van der Waals surface area contributed by atoms with Crippen LogP contribution >= 0.6 is 0 Å². The van der Waals surface area contributed by atoms with Crippen molar-refractivity contribution >= 4 is 17.6 Å². The smallest absolute Gasteiger partial charge is 0.340 e. The number of hydrogen-bond donors (Lipinski definition) is 2. The van der Waals surface area contributed by atoms with Crippen molar-refractivity contribution in [2.75, 3.05) is 19.0 Å². The molecule has 2 fully saturated rings. The molecule has 1 heterocycles. The Morgan fingerprint density at radius 3 is 2.64 bits per heavy atom. The fraction of sp³-hybridized carbons (Fsp3) is 0.474. The number of carbonyl (C=O) groups is 2. The molecule has 0 bridgehead atoms. The molecule has 6 heteroatoms. The molecule has 2 N–H and O–H groups in total. The van der Waals surface area contributed by atoms with E-state index < -0.39 is 11.8 Å². The summed E-state index contributed by atoms with van der Waals surface area (Å²) in [6.07, 6.45) is 6.67. The second-order valence-electron chi connectivity index (χ2n) is 6.50. The van der Waals surface area contributed by atoms with Crippen molar-refractivity contribution < 1.29 is 18.7 Å². The van der Waals surface area contributed by atoms with Crippen LogP contribution in [-0.4, -0.2) is 31.6 Å². The lowest BCUT2D eigenvalue weighted by Gasteiger charge is -2.21. The predicted octanol–water partition coefficient (Wildman–Crippen LogP) is 3.17. The Kier molecular flexibility index (Phi) is 5.48. The number of allylic oxidation sites excluding steroid dienone is 1. The first-order valence-electron chi connectivity index (χ1n) is 8.73. The molecule has 1 atom stereocenters. The molecule has 1 saturated carbocycles. The summed E-state index contributed by atoms with van der Waals surface area (Å²) in [5.74, 6) is -1.64. The number of rotatable bonds is 3. The number of amides is 1. The average molecular weight is 346 g/mol. The molecule has 0 radical (unpaired) electrons. The molecule has 3 rings (SSSR count). The normalized spacial score (nSPS) is 20.5. The van der Waals surface area contributed by atoms with Crippen LogP contribution in [0.4, 0.5) is 10.1 Å². The zero-order chi connectivity index (χ0) is 17.8. The van der Waals surface area contributed by atoms with Gasteiger partial charge in [0, 0.05) is 5.69 Å². The maximum absolute atomic E-state index is 14.0. The van der Waals surface area contributed by atoms with Gasteiger partial charge < -0.3 is 15.4 Å². The van der Waals surface area contributed by atoms with Crippen molar-refractivity contribution in [3.63, 3.8) is 0 Å². The first-order chi connectivity index (χ1) is 12.1. The number of benzene rings is 1. The van der Waals surface area contributed by atoms with Crippen LogP contribution in [0.5, 0.6) is 0 Å². The number of hydrogen-bond acceptors (Lipinski definition) is 4. The topological polar surface area (TPSA) is 67.4 Å². The van der Waals surface area contributed by atoms with E-state index in [1.54, 1.807) is 0 Å². The Morgan fingerprint density at radius 1 is 1.20 bits per heavy atom. The van der Waals surface area contributed by atoms with E-state index in [1.807, 2.05) is 0 Å². The Labute approximate surface area is 146 Å². The highest BCUT2D eigenvalue weighted by atomic mass is 19.1.